The van der Waals surface area contributed by atoms with Gasteiger partial charge in [0, 0.05) is 16.9 Å². The largest absolute Gasteiger partial charge is 0.296 e. The van der Waals surface area contributed by atoms with Gasteiger partial charge in [-0.2, -0.15) is 0 Å². The molecule has 4 rings (SSSR count). The molecule has 2 atom stereocenters. The van der Waals surface area contributed by atoms with E-state index in [0.29, 0.717) is 5.92 Å². The van der Waals surface area contributed by atoms with Crippen LogP contribution in [0.1, 0.15) is 24.6 Å². The van der Waals surface area contributed by atoms with Gasteiger partial charge < -0.3 is 0 Å². The van der Waals surface area contributed by atoms with Crippen LogP contribution in [0.5, 0.6) is 0 Å². The number of aromatic nitrogens is 2. The van der Waals surface area contributed by atoms with E-state index in [0.717, 1.165) is 40.1 Å². The normalized spacial score (nSPS) is 25.5. The Kier molecular flexibility index (Phi) is 1.85. The molecule has 2 aliphatic rings. The molecule has 0 spiro atoms. The monoisotopic (exact) mass is 290 g/mol. The van der Waals surface area contributed by atoms with Crippen LogP contribution in [0.15, 0.2) is 27.5 Å². The Bertz CT molecular complexity index is 692. The first kappa shape index (κ1) is 9.83. The van der Waals surface area contributed by atoms with Crippen LogP contribution >= 0.6 is 15.9 Å². The summed E-state index contributed by atoms with van der Waals surface area (Å²) in [4.78, 5) is 17.0. The smallest absolute Gasteiger partial charge is 0.261 e. The van der Waals surface area contributed by atoms with Crippen LogP contribution in [0.4, 0.5) is 0 Å². The molecule has 2 aromatic rings. The van der Waals surface area contributed by atoms with Crippen LogP contribution in [0, 0.1) is 5.92 Å². The summed E-state index contributed by atoms with van der Waals surface area (Å²) in [5.74, 6) is 2.34. The maximum Gasteiger partial charge on any atom is 0.261 e. The predicted molar refractivity (Wildman–Crippen MR) is 69.2 cm³/mol. The first-order valence-corrected chi connectivity index (χ1v) is 6.73. The van der Waals surface area contributed by atoms with Gasteiger partial charge in [-0.1, -0.05) is 15.9 Å². The lowest BCUT2D eigenvalue weighted by Gasteiger charge is -2.17. The molecule has 1 aromatic heterocycles. The lowest BCUT2D eigenvalue weighted by atomic mass is 10.1. The van der Waals surface area contributed by atoms with Crippen LogP contribution in [0.25, 0.3) is 10.9 Å². The minimum atomic E-state index is 0.128. The Hall–Kier alpha value is -1.16. The summed E-state index contributed by atoms with van der Waals surface area (Å²) in [5.41, 5.74) is 0.950. The van der Waals surface area contributed by atoms with Crippen LogP contribution in [0.2, 0.25) is 0 Å². The van der Waals surface area contributed by atoms with Crippen LogP contribution < -0.4 is 5.56 Å². The van der Waals surface area contributed by atoms with Crippen molar-refractivity contribution in [1.29, 1.82) is 0 Å². The van der Waals surface area contributed by atoms with Crippen molar-refractivity contribution in [3.8, 4) is 0 Å². The zero-order chi connectivity index (χ0) is 11.6. The molecule has 2 unspecified atom stereocenters. The highest BCUT2D eigenvalue weighted by Crippen LogP contribution is 2.51. The minimum Gasteiger partial charge on any atom is -0.296 e. The SMILES string of the molecule is O=c1c2ccc(Br)cc2nc2n1CCC1CC21. The summed E-state index contributed by atoms with van der Waals surface area (Å²) in [6.07, 6.45) is 2.35. The van der Waals surface area contributed by atoms with Crippen molar-refractivity contribution in [2.45, 2.75) is 25.3 Å². The number of hydrogen-bond donors (Lipinski definition) is 0. The molecule has 1 fully saturated rings. The molecule has 17 heavy (non-hydrogen) atoms. The number of hydrogen-bond acceptors (Lipinski definition) is 2. The lowest BCUT2D eigenvalue weighted by Crippen LogP contribution is -2.27. The third-order valence-corrected chi connectivity index (χ3v) is 4.42. The van der Waals surface area contributed by atoms with Gasteiger partial charge in [-0.05, 0) is 37.0 Å². The van der Waals surface area contributed by atoms with Crippen LogP contribution in [0.3, 0.4) is 0 Å². The fourth-order valence-electron chi connectivity index (χ4n) is 2.89. The number of fused-ring (bicyclic) bond motifs is 4. The van der Waals surface area contributed by atoms with E-state index in [4.69, 9.17) is 4.98 Å². The Labute approximate surface area is 107 Å². The zero-order valence-corrected chi connectivity index (χ0v) is 10.8. The maximum atomic E-state index is 12.4. The fourth-order valence-corrected chi connectivity index (χ4v) is 3.24. The molecule has 0 bridgehead atoms. The van der Waals surface area contributed by atoms with E-state index < -0.39 is 0 Å². The van der Waals surface area contributed by atoms with E-state index in [2.05, 4.69) is 15.9 Å². The molecule has 0 saturated heterocycles. The second-order valence-electron chi connectivity index (χ2n) is 4.98. The lowest BCUT2D eigenvalue weighted by molar-refractivity contribution is 0.498. The first-order valence-electron chi connectivity index (χ1n) is 5.94. The van der Waals surface area contributed by atoms with Crippen molar-refractivity contribution < 1.29 is 0 Å². The van der Waals surface area contributed by atoms with Gasteiger partial charge in [-0.15, -0.1) is 0 Å². The summed E-state index contributed by atoms with van der Waals surface area (Å²) >= 11 is 3.43. The van der Waals surface area contributed by atoms with Gasteiger partial charge in [0.05, 0.1) is 10.9 Å². The van der Waals surface area contributed by atoms with Crippen molar-refractivity contribution in [3.05, 3.63) is 38.9 Å². The van der Waals surface area contributed by atoms with Crippen molar-refractivity contribution in [2.75, 3.05) is 0 Å². The predicted octanol–water partition coefficient (Wildman–Crippen LogP) is 2.67. The van der Waals surface area contributed by atoms with E-state index >= 15 is 0 Å². The van der Waals surface area contributed by atoms with E-state index in [1.807, 2.05) is 22.8 Å². The quantitative estimate of drug-likeness (QED) is 0.748. The Morgan fingerprint density at radius 1 is 1.41 bits per heavy atom. The highest BCUT2D eigenvalue weighted by atomic mass is 79.9. The minimum absolute atomic E-state index is 0.128. The summed E-state index contributed by atoms with van der Waals surface area (Å²) < 4.78 is 2.86. The molecule has 4 heteroatoms. The Morgan fingerprint density at radius 3 is 3.18 bits per heavy atom. The Balaban J connectivity index is 2.10. The van der Waals surface area contributed by atoms with Gasteiger partial charge in [0.15, 0.2) is 0 Å². The van der Waals surface area contributed by atoms with Crippen molar-refractivity contribution in [1.82, 2.24) is 9.55 Å². The molecule has 1 aromatic carbocycles. The van der Waals surface area contributed by atoms with Gasteiger partial charge in [0.25, 0.3) is 5.56 Å². The molecule has 1 saturated carbocycles. The average molecular weight is 291 g/mol. The number of benzene rings is 1. The molecule has 0 amide bonds. The van der Waals surface area contributed by atoms with E-state index in [-0.39, 0.29) is 5.56 Å². The number of rotatable bonds is 0. The molecule has 0 N–H and O–H groups in total. The fraction of sp³-hybridized carbons (Fsp3) is 0.385. The average Bonchev–Trinajstić information content (AvgIpc) is 3.08. The van der Waals surface area contributed by atoms with Gasteiger partial charge >= 0.3 is 0 Å². The van der Waals surface area contributed by atoms with Crippen LogP contribution in [-0.4, -0.2) is 9.55 Å². The molecule has 86 valence electrons. The van der Waals surface area contributed by atoms with Crippen molar-refractivity contribution >= 4 is 26.8 Å². The van der Waals surface area contributed by atoms with Crippen LogP contribution in [-0.2, 0) is 6.54 Å². The second-order valence-corrected chi connectivity index (χ2v) is 5.89. The van der Waals surface area contributed by atoms with E-state index in [1.165, 1.54) is 6.42 Å². The molecular formula is C13H11BrN2O. The second kappa shape index (κ2) is 3.19. The van der Waals surface area contributed by atoms with E-state index in [9.17, 15) is 4.79 Å². The third kappa shape index (κ3) is 1.33. The number of halogens is 1. The topological polar surface area (TPSA) is 34.9 Å². The Morgan fingerprint density at radius 2 is 2.29 bits per heavy atom. The van der Waals surface area contributed by atoms with Gasteiger partial charge in [-0.3, -0.25) is 9.36 Å². The highest BCUT2D eigenvalue weighted by molar-refractivity contribution is 9.10. The standard InChI is InChI=1S/C13H11BrN2O/c14-8-1-2-9-11(6-8)15-12-10-5-7(10)3-4-16(12)13(9)17/h1-2,6-7,10H,3-5H2. The molecule has 0 radical (unpaired) electrons. The number of nitrogens with zero attached hydrogens (tertiary/aromatic N) is 2. The summed E-state index contributed by atoms with van der Waals surface area (Å²) in [6.45, 7) is 0.842. The highest BCUT2D eigenvalue weighted by Gasteiger charge is 2.44. The van der Waals surface area contributed by atoms with Crippen molar-refractivity contribution in [2.24, 2.45) is 5.92 Å². The van der Waals surface area contributed by atoms with E-state index in [1.54, 1.807) is 0 Å². The maximum absolute atomic E-state index is 12.4. The molecule has 3 nitrogen and oxygen atoms in total. The molecule has 1 aliphatic carbocycles. The summed E-state index contributed by atoms with van der Waals surface area (Å²) in [7, 11) is 0. The molecule has 2 heterocycles. The first-order chi connectivity index (χ1) is 8.24. The molecular weight excluding hydrogens is 280 g/mol. The van der Waals surface area contributed by atoms with Gasteiger partial charge in [0.1, 0.15) is 5.82 Å². The van der Waals surface area contributed by atoms with Crippen molar-refractivity contribution in [3.63, 3.8) is 0 Å². The summed E-state index contributed by atoms with van der Waals surface area (Å²) in [6, 6.07) is 5.70. The van der Waals surface area contributed by atoms with Gasteiger partial charge in [0.2, 0.25) is 0 Å². The molecule has 1 aliphatic heterocycles. The third-order valence-electron chi connectivity index (χ3n) is 3.92. The van der Waals surface area contributed by atoms with Gasteiger partial charge in [-0.25, -0.2) is 4.98 Å². The zero-order valence-electron chi connectivity index (χ0n) is 9.19. The summed E-state index contributed by atoms with van der Waals surface area (Å²) in [5, 5.41) is 0.732.